The van der Waals surface area contributed by atoms with E-state index in [1.54, 1.807) is 7.11 Å². The molecule has 1 aliphatic heterocycles. The number of ether oxygens (including phenoxy) is 1. The van der Waals surface area contributed by atoms with E-state index in [1.165, 1.54) is 10.5 Å². The molecule has 2 nitrogen and oxygen atoms in total. The number of hydrogen-bond donors (Lipinski definition) is 1. The molecule has 0 aliphatic carbocycles. The average molecular weight is 320 g/mol. The molecule has 0 bridgehead atoms. The number of methoxy groups -OCH3 is 1. The first-order valence-corrected chi connectivity index (χ1v) is 8.24. The van der Waals surface area contributed by atoms with Crippen LogP contribution in [0.5, 0.6) is 5.75 Å². The van der Waals surface area contributed by atoms with Gasteiger partial charge in [-0.15, -0.1) is 11.8 Å². The van der Waals surface area contributed by atoms with Crippen LogP contribution in [0.2, 0.25) is 5.02 Å². The smallest absolute Gasteiger partial charge is 0.123 e. The van der Waals surface area contributed by atoms with Gasteiger partial charge in [0, 0.05) is 26.8 Å². The Morgan fingerprint density at radius 2 is 2.10 bits per heavy atom. The molecule has 2 atom stereocenters. The number of hydrogen-bond acceptors (Lipinski definition) is 3. The largest absolute Gasteiger partial charge is 0.496 e. The van der Waals surface area contributed by atoms with Gasteiger partial charge in [0.15, 0.2) is 0 Å². The van der Waals surface area contributed by atoms with Crippen LogP contribution in [0.1, 0.15) is 17.2 Å². The van der Waals surface area contributed by atoms with Gasteiger partial charge in [0.05, 0.1) is 7.11 Å². The molecular formula is C17H18ClNOS. The number of benzene rings is 2. The van der Waals surface area contributed by atoms with Crippen molar-refractivity contribution in [3.8, 4) is 5.75 Å². The van der Waals surface area contributed by atoms with Gasteiger partial charge in [-0.05, 0) is 43.3 Å². The molecule has 0 spiro atoms. The van der Waals surface area contributed by atoms with Crippen molar-refractivity contribution in [1.82, 2.24) is 5.32 Å². The van der Waals surface area contributed by atoms with E-state index in [2.05, 4.69) is 29.6 Å². The van der Waals surface area contributed by atoms with E-state index in [4.69, 9.17) is 16.3 Å². The van der Waals surface area contributed by atoms with Crippen LogP contribution in [-0.4, -0.2) is 19.4 Å². The zero-order valence-electron chi connectivity index (χ0n) is 12.1. The summed E-state index contributed by atoms with van der Waals surface area (Å²) in [5, 5.41) is 4.62. The Morgan fingerprint density at radius 1 is 1.29 bits per heavy atom. The highest BCUT2D eigenvalue weighted by molar-refractivity contribution is 8.00. The Hall–Kier alpha value is -1.16. The van der Waals surface area contributed by atoms with Crippen molar-refractivity contribution < 1.29 is 4.74 Å². The summed E-state index contributed by atoms with van der Waals surface area (Å²) in [4.78, 5) is 1.38. The fraction of sp³-hybridized carbons (Fsp3) is 0.294. The molecule has 0 amide bonds. The molecule has 0 saturated heterocycles. The van der Waals surface area contributed by atoms with Crippen LogP contribution in [0.25, 0.3) is 0 Å². The minimum atomic E-state index is 0.205. The molecule has 3 rings (SSSR count). The van der Waals surface area contributed by atoms with Crippen molar-refractivity contribution in [3.63, 3.8) is 0 Å². The molecule has 0 aromatic heterocycles. The zero-order valence-corrected chi connectivity index (χ0v) is 13.7. The Bertz CT molecular complexity index is 621. The van der Waals surface area contributed by atoms with E-state index >= 15 is 0 Å². The molecule has 0 radical (unpaired) electrons. The van der Waals surface area contributed by atoms with E-state index in [9.17, 15) is 0 Å². The van der Waals surface area contributed by atoms with Crippen molar-refractivity contribution in [3.05, 3.63) is 58.6 Å². The molecule has 0 fully saturated rings. The van der Waals surface area contributed by atoms with Gasteiger partial charge < -0.3 is 10.1 Å². The monoisotopic (exact) mass is 319 g/mol. The van der Waals surface area contributed by atoms with E-state index in [1.807, 2.05) is 37.0 Å². The van der Waals surface area contributed by atoms with Crippen LogP contribution in [0.15, 0.2) is 47.4 Å². The fourth-order valence-electron chi connectivity index (χ4n) is 2.88. The second-order valence-corrected chi connectivity index (χ2v) is 6.84. The van der Waals surface area contributed by atoms with Crippen molar-refractivity contribution in [2.24, 2.45) is 0 Å². The van der Waals surface area contributed by atoms with Gasteiger partial charge in [0.25, 0.3) is 0 Å². The van der Waals surface area contributed by atoms with Gasteiger partial charge in [-0.1, -0.05) is 29.8 Å². The number of nitrogens with one attached hydrogen (secondary N) is 1. The predicted octanol–water partition coefficient (Wildman–Crippen LogP) is 4.33. The van der Waals surface area contributed by atoms with Crippen LogP contribution in [0.3, 0.4) is 0 Å². The third-order valence-electron chi connectivity index (χ3n) is 3.88. The molecular weight excluding hydrogens is 302 g/mol. The molecule has 2 aromatic carbocycles. The van der Waals surface area contributed by atoms with Crippen LogP contribution < -0.4 is 10.1 Å². The van der Waals surface area contributed by atoms with Gasteiger partial charge in [0.2, 0.25) is 0 Å². The number of fused-ring (bicyclic) bond motifs is 1. The lowest BCUT2D eigenvalue weighted by molar-refractivity contribution is 0.400. The standard InChI is InChI=1S/C17H18ClNOS/c1-19-17(13-10-12(18)7-8-14(13)20-2)16-9-11-5-3-4-6-15(11)21-16/h3-8,10,16-17,19H,9H2,1-2H3. The van der Waals surface area contributed by atoms with Crippen LogP contribution in [0, 0.1) is 0 Å². The molecule has 1 N–H and O–H groups in total. The minimum absolute atomic E-state index is 0.205. The van der Waals surface area contributed by atoms with Crippen LogP contribution >= 0.6 is 23.4 Å². The number of thioether (sulfide) groups is 1. The van der Waals surface area contributed by atoms with E-state index in [0.717, 1.165) is 22.8 Å². The summed E-state index contributed by atoms with van der Waals surface area (Å²) < 4.78 is 5.51. The normalized spacial score (nSPS) is 18.3. The molecule has 1 heterocycles. The molecule has 110 valence electrons. The van der Waals surface area contributed by atoms with E-state index in [-0.39, 0.29) is 6.04 Å². The first kappa shape index (κ1) is 14.8. The van der Waals surface area contributed by atoms with Crippen molar-refractivity contribution >= 4 is 23.4 Å². The fourth-order valence-corrected chi connectivity index (χ4v) is 4.53. The topological polar surface area (TPSA) is 21.3 Å². The molecule has 2 aromatic rings. The van der Waals surface area contributed by atoms with Crippen LogP contribution in [0.4, 0.5) is 0 Å². The Morgan fingerprint density at radius 3 is 2.81 bits per heavy atom. The van der Waals surface area contributed by atoms with Gasteiger partial charge in [-0.2, -0.15) is 0 Å². The Labute approximate surface area is 134 Å². The lowest BCUT2D eigenvalue weighted by atomic mass is 9.98. The summed E-state index contributed by atoms with van der Waals surface area (Å²) in [6, 6.07) is 14.6. The van der Waals surface area contributed by atoms with Crippen molar-refractivity contribution in [2.75, 3.05) is 14.2 Å². The predicted molar refractivity (Wildman–Crippen MR) is 89.6 cm³/mol. The van der Waals surface area contributed by atoms with Gasteiger partial charge >= 0.3 is 0 Å². The summed E-state index contributed by atoms with van der Waals surface area (Å²) in [5.74, 6) is 0.885. The van der Waals surface area contributed by atoms with E-state index < -0.39 is 0 Å². The number of halogens is 1. The second kappa shape index (κ2) is 6.30. The maximum absolute atomic E-state index is 6.18. The molecule has 1 aliphatic rings. The lowest BCUT2D eigenvalue weighted by Gasteiger charge is -2.24. The summed E-state index contributed by atoms with van der Waals surface area (Å²) in [5.41, 5.74) is 2.55. The summed E-state index contributed by atoms with van der Waals surface area (Å²) in [6.07, 6.45) is 1.06. The van der Waals surface area contributed by atoms with Crippen molar-refractivity contribution in [2.45, 2.75) is 22.6 Å². The first-order chi connectivity index (χ1) is 10.2. The Balaban J connectivity index is 1.92. The maximum atomic E-state index is 6.18. The van der Waals surface area contributed by atoms with Gasteiger partial charge in [0.1, 0.15) is 5.75 Å². The third-order valence-corrected chi connectivity index (χ3v) is 5.51. The van der Waals surface area contributed by atoms with Gasteiger partial charge in [-0.3, -0.25) is 0 Å². The quantitative estimate of drug-likeness (QED) is 0.906. The molecule has 0 saturated carbocycles. The number of rotatable bonds is 4. The van der Waals surface area contributed by atoms with Crippen molar-refractivity contribution in [1.29, 1.82) is 0 Å². The minimum Gasteiger partial charge on any atom is -0.496 e. The summed E-state index contributed by atoms with van der Waals surface area (Å²) in [7, 11) is 3.70. The highest BCUT2D eigenvalue weighted by Gasteiger charge is 2.31. The highest BCUT2D eigenvalue weighted by atomic mass is 35.5. The third kappa shape index (κ3) is 2.91. The average Bonchev–Trinajstić information content (AvgIpc) is 2.92. The second-order valence-electron chi connectivity index (χ2n) is 5.12. The van der Waals surface area contributed by atoms with Gasteiger partial charge in [-0.25, -0.2) is 0 Å². The summed E-state index contributed by atoms with van der Waals surface area (Å²) >= 11 is 8.11. The SMILES string of the molecule is CNC(c1cc(Cl)ccc1OC)C1Cc2ccccc2S1. The summed E-state index contributed by atoms with van der Waals surface area (Å²) in [6.45, 7) is 0. The first-order valence-electron chi connectivity index (χ1n) is 6.98. The van der Waals surface area contributed by atoms with E-state index in [0.29, 0.717) is 5.25 Å². The maximum Gasteiger partial charge on any atom is 0.123 e. The molecule has 4 heteroatoms. The van der Waals surface area contributed by atoms with Crippen LogP contribution in [-0.2, 0) is 6.42 Å². The molecule has 21 heavy (non-hydrogen) atoms. The zero-order chi connectivity index (χ0) is 14.8. The Kier molecular flexibility index (Phi) is 4.43. The molecule has 2 unspecified atom stereocenters. The lowest BCUT2D eigenvalue weighted by Crippen LogP contribution is -2.27. The highest BCUT2D eigenvalue weighted by Crippen LogP contribution is 2.44.